The lowest BCUT2D eigenvalue weighted by molar-refractivity contribution is -0.222. The van der Waals surface area contributed by atoms with Crippen LogP contribution in [0.1, 0.15) is 52.7 Å². The van der Waals surface area contributed by atoms with Crippen LogP contribution in [0.3, 0.4) is 0 Å². The van der Waals surface area contributed by atoms with Crippen molar-refractivity contribution in [1.82, 2.24) is 0 Å². The zero-order chi connectivity index (χ0) is 16.7. The van der Waals surface area contributed by atoms with Crippen LogP contribution in [0.2, 0.25) is 0 Å². The van der Waals surface area contributed by atoms with Gasteiger partial charge >= 0.3 is 11.9 Å². The molecule has 1 aliphatic heterocycles. The number of hydrogen-bond donors (Lipinski definition) is 0. The molecule has 0 bridgehead atoms. The summed E-state index contributed by atoms with van der Waals surface area (Å²) in [6.07, 6.45) is 0. The van der Waals surface area contributed by atoms with Crippen molar-refractivity contribution >= 4 is 17.5 Å². The highest BCUT2D eigenvalue weighted by Gasteiger charge is 2.40. The minimum Gasteiger partial charge on any atom is -0.419 e. The molecule has 0 radical (unpaired) electrons. The number of ether oxygens (including phenoxy) is 2. The van der Waals surface area contributed by atoms with E-state index in [0.717, 1.165) is 11.1 Å². The lowest BCUT2D eigenvalue weighted by Crippen LogP contribution is -2.42. The molecule has 0 N–H and O–H groups in total. The van der Waals surface area contributed by atoms with E-state index in [0.29, 0.717) is 5.57 Å². The van der Waals surface area contributed by atoms with Gasteiger partial charge in [0, 0.05) is 13.8 Å². The first-order valence-electron chi connectivity index (χ1n) is 7.30. The van der Waals surface area contributed by atoms with E-state index in [-0.39, 0.29) is 11.0 Å². The van der Waals surface area contributed by atoms with Crippen LogP contribution in [-0.2, 0) is 24.5 Å². The third-order valence-electron chi connectivity index (χ3n) is 3.60. The Balaban J connectivity index is 2.59. The van der Waals surface area contributed by atoms with Gasteiger partial charge in [0.15, 0.2) is 0 Å². The van der Waals surface area contributed by atoms with Gasteiger partial charge in [-0.15, -0.1) is 0 Å². The molecule has 1 fully saturated rings. The number of carbonyl (C=O) groups is 2. The predicted molar refractivity (Wildman–Crippen MR) is 84.0 cm³/mol. The SMILES string of the molecule is CC(=C1C(=O)OC(C)(C)OC1=O)c1ccccc1C(C)(C)C. The largest absolute Gasteiger partial charge is 0.419 e. The van der Waals surface area contributed by atoms with E-state index in [4.69, 9.17) is 9.47 Å². The van der Waals surface area contributed by atoms with Crippen LogP contribution in [0, 0.1) is 0 Å². The van der Waals surface area contributed by atoms with Crippen LogP contribution in [0.4, 0.5) is 0 Å². The molecule has 1 saturated heterocycles. The first-order chi connectivity index (χ1) is 10.0. The third kappa shape index (κ3) is 3.06. The second-order valence-corrected chi connectivity index (χ2v) is 6.97. The van der Waals surface area contributed by atoms with E-state index < -0.39 is 17.7 Å². The summed E-state index contributed by atoms with van der Waals surface area (Å²) in [4.78, 5) is 24.4. The standard InChI is InChI=1S/C18H22O4/c1-11(12-9-7-8-10-13(12)17(2,3)4)14-15(19)21-18(5,6)22-16(14)20/h7-10H,1-6H3. The molecule has 0 atom stereocenters. The van der Waals surface area contributed by atoms with Crippen molar-refractivity contribution in [3.63, 3.8) is 0 Å². The van der Waals surface area contributed by atoms with E-state index in [1.807, 2.05) is 24.3 Å². The van der Waals surface area contributed by atoms with E-state index >= 15 is 0 Å². The van der Waals surface area contributed by atoms with Crippen molar-refractivity contribution in [2.24, 2.45) is 0 Å². The molecule has 4 nitrogen and oxygen atoms in total. The van der Waals surface area contributed by atoms with E-state index in [1.54, 1.807) is 6.92 Å². The summed E-state index contributed by atoms with van der Waals surface area (Å²) in [5.41, 5.74) is 2.36. The Morgan fingerprint density at radius 1 is 1.00 bits per heavy atom. The molecule has 0 amide bonds. The van der Waals surface area contributed by atoms with Crippen LogP contribution in [0.25, 0.3) is 5.57 Å². The fraction of sp³-hybridized carbons (Fsp3) is 0.444. The van der Waals surface area contributed by atoms with Gasteiger partial charge in [0.1, 0.15) is 5.57 Å². The maximum absolute atomic E-state index is 12.2. The number of carbonyl (C=O) groups excluding carboxylic acids is 2. The first-order valence-corrected chi connectivity index (χ1v) is 7.30. The molecule has 1 aromatic rings. The topological polar surface area (TPSA) is 52.6 Å². The average Bonchev–Trinajstić information content (AvgIpc) is 2.35. The highest BCUT2D eigenvalue weighted by molar-refractivity contribution is 6.21. The molecule has 4 heteroatoms. The molecular weight excluding hydrogens is 280 g/mol. The summed E-state index contributed by atoms with van der Waals surface area (Å²) in [5.74, 6) is -2.49. The van der Waals surface area contributed by atoms with E-state index in [1.165, 1.54) is 13.8 Å². The smallest absolute Gasteiger partial charge is 0.349 e. The lowest BCUT2D eigenvalue weighted by Gasteiger charge is -2.31. The van der Waals surface area contributed by atoms with Gasteiger partial charge in [0.25, 0.3) is 5.79 Å². The number of hydrogen-bond acceptors (Lipinski definition) is 4. The molecule has 1 aliphatic rings. The van der Waals surface area contributed by atoms with Crippen molar-refractivity contribution in [3.05, 3.63) is 41.0 Å². The summed E-state index contributed by atoms with van der Waals surface area (Å²) in [5, 5.41) is 0. The molecule has 2 rings (SSSR count). The van der Waals surface area contributed by atoms with E-state index in [2.05, 4.69) is 20.8 Å². The maximum atomic E-state index is 12.2. The van der Waals surface area contributed by atoms with Crippen molar-refractivity contribution in [1.29, 1.82) is 0 Å². The molecular formula is C18H22O4. The minimum absolute atomic E-state index is 0.0315. The summed E-state index contributed by atoms with van der Waals surface area (Å²) >= 11 is 0. The summed E-state index contributed by atoms with van der Waals surface area (Å²) in [6, 6.07) is 7.74. The summed E-state index contributed by atoms with van der Waals surface area (Å²) in [6.45, 7) is 11.1. The summed E-state index contributed by atoms with van der Waals surface area (Å²) in [7, 11) is 0. The van der Waals surface area contributed by atoms with Gasteiger partial charge < -0.3 is 9.47 Å². The Bertz CT molecular complexity index is 638. The van der Waals surface area contributed by atoms with Gasteiger partial charge in [0.05, 0.1) is 0 Å². The van der Waals surface area contributed by atoms with Crippen molar-refractivity contribution in [2.45, 2.75) is 52.7 Å². The quantitative estimate of drug-likeness (QED) is 0.452. The van der Waals surface area contributed by atoms with Crippen LogP contribution in [0.15, 0.2) is 29.8 Å². The number of cyclic esters (lactones) is 2. The van der Waals surface area contributed by atoms with Crippen LogP contribution >= 0.6 is 0 Å². The molecule has 0 aromatic heterocycles. The van der Waals surface area contributed by atoms with Gasteiger partial charge in [-0.2, -0.15) is 0 Å². The highest BCUT2D eigenvalue weighted by Crippen LogP contribution is 2.34. The Labute approximate surface area is 131 Å². The van der Waals surface area contributed by atoms with Gasteiger partial charge in [-0.1, -0.05) is 45.0 Å². The fourth-order valence-corrected chi connectivity index (χ4v) is 2.56. The lowest BCUT2D eigenvalue weighted by atomic mass is 9.81. The second kappa shape index (κ2) is 5.27. The molecule has 0 saturated carbocycles. The zero-order valence-electron chi connectivity index (χ0n) is 13.9. The normalized spacial score (nSPS) is 17.8. The maximum Gasteiger partial charge on any atom is 0.349 e. The predicted octanol–water partition coefficient (Wildman–Crippen LogP) is 3.59. The van der Waals surface area contributed by atoms with Crippen LogP contribution in [0.5, 0.6) is 0 Å². The molecule has 1 aromatic carbocycles. The second-order valence-electron chi connectivity index (χ2n) is 6.97. The minimum atomic E-state index is -1.22. The Hall–Kier alpha value is -2.10. The fourth-order valence-electron chi connectivity index (χ4n) is 2.56. The van der Waals surface area contributed by atoms with Crippen molar-refractivity contribution < 1.29 is 19.1 Å². The molecule has 0 aliphatic carbocycles. The van der Waals surface area contributed by atoms with Gasteiger partial charge in [0.2, 0.25) is 0 Å². The van der Waals surface area contributed by atoms with Crippen molar-refractivity contribution in [2.75, 3.05) is 0 Å². The van der Waals surface area contributed by atoms with Crippen LogP contribution in [-0.4, -0.2) is 17.7 Å². The number of benzene rings is 1. The summed E-state index contributed by atoms with van der Waals surface area (Å²) < 4.78 is 10.4. The average molecular weight is 302 g/mol. The third-order valence-corrected chi connectivity index (χ3v) is 3.60. The Morgan fingerprint density at radius 3 is 2.00 bits per heavy atom. The molecule has 0 spiro atoms. The van der Waals surface area contributed by atoms with Gasteiger partial charge in [-0.05, 0) is 29.0 Å². The van der Waals surface area contributed by atoms with Gasteiger partial charge in [-0.25, -0.2) is 9.59 Å². The van der Waals surface area contributed by atoms with Crippen molar-refractivity contribution in [3.8, 4) is 0 Å². The number of rotatable bonds is 1. The molecule has 22 heavy (non-hydrogen) atoms. The van der Waals surface area contributed by atoms with Crippen LogP contribution < -0.4 is 0 Å². The molecule has 0 unspecified atom stereocenters. The Kier molecular flexibility index (Phi) is 3.90. The zero-order valence-corrected chi connectivity index (χ0v) is 13.9. The highest BCUT2D eigenvalue weighted by atomic mass is 16.7. The first kappa shape index (κ1) is 16.3. The Morgan fingerprint density at radius 2 is 1.50 bits per heavy atom. The number of allylic oxidation sites excluding steroid dienone is 1. The molecule has 1 heterocycles. The monoisotopic (exact) mass is 302 g/mol. The number of esters is 2. The van der Waals surface area contributed by atoms with Gasteiger partial charge in [-0.3, -0.25) is 0 Å². The van der Waals surface area contributed by atoms with E-state index in [9.17, 15) is 9.59 Å². The molecule has 118 valence electrons.